The van der Waals surface area contributed by atoms with Crippen LogP contribution in [-0.4, -0.2) is 61.0 Å². The molecule has 2 aromatic rings. The minimum absolute atomic E-state index is 0.100. The monoisotopic (exact) mass is 376 g/mol. The summed E-state index contributed by atoms with van der Waals surface area (Å²) in [5.74, 6) is 2.39. The summed E-state index contributed by atoms with van der Waals surface area (Å²) < 4.78 is 5.84. The van der Waals surface area contributed by atoms with Gasteiger partial charge >= 0.3 is 0 Å². The number of piperidine rings is 1. The van der Waals surface area contributed by atoms with Crippen molar-refractivity contribution in [1.29, 1.82) is 0 Å². The summed E-state index contributed by atoms with van der Waals surface area (Å²) in [5.41, 5.74) is 2.07. The first-order valence-electron chi connectivity index (χ1n) is 9.15. The van der Waals surface area contributed by atoms with E-state index in [0.717, 1.165) is 61.9 Å². The first kappa shape index (κ1) is 19.1. The first-order valence-corrected chi connectivity index (χ1v) is 10.1. The van der Waals surface area contributed by atoms with E-state index in [9.17, 15) is 4.79 Å². The fraction of sp³-hybridized carbons (Fsp3) is 0.579. The van der Waals surface area contributed by atoms with E-state index in [1.165, 1.54) is 0 Å². The fourth-order valence-electron chi connectivity index (χ4n) is 3.45. The van der Waals surface area contributed by atoms with Gasteiger partial charge in [-0.15, -0.1) is 0 Å². The van der Waals surface area contributed by atoms with Crippen molar-refractivity contribution in [2.75, 3.05) is 40.3 Å². The molecular weight excluding hydrogens is 348 g/mol. The van der Waals surface area contributed by atoms with Crippen LogP contribution < -0.4 is 5.32 Å². The third-order valence-corrected chi connectivity index (χ3v) is 5.69. The van der Waals surface area contributed by atoms with E-state index in [4.69, 9.17) is 4.42 Å². The second-order valence-corrected chi connectivity index (χ2v) is 7.90. The van der Waals surface area contributed by atoms with E-state index in [2.05, 4.69) is 32.5 Å². The van der Waals surface area contributed by atoms with E-state index in [0.29, 0.717) is 12.5 Å². The molecule has 1 fully saturated rings. The summed E-state index contributed by atoms with van der Waals surface area (Å²) in [4.78, 5) is 20.7. The third kappa shape index (κ3) is 4.93. The summed E-state index contributed by atoms with van der Waals surface area (Å²) >= 11 is 1.65. The average Bonchev–Trinajstić information content (AvgIpc) is 3.27. The smallest absolute Gasteiger partial charge is 0.233 e. The Bertz CT molecular complexity index is 705. The van der Waals surface area contributed by atoms with Gasteiger partial charge in [-0.05, 0) is 57.3 Å². The summed E-state index contributed by atoms with van der Waals surface area (Å²) in [6.45, 7) is 6.35. The van der Waals surface area contributed by atoms with Gasteiger partial charge in [0.05, 0.1) is 12.2 Å². The number of nitrogens with zero attached hydrogens (tertiary/aromatic N) is 3. The van der Waals surface area contributed by atoms with Crippen molar-refractivity contribution in [1.82, 2.24) is 20.1 Å². The molecule has 7 heteroatoms. The highest BCUT2D eigenvalue weighted by molar-refractivity contribution is 7.08. The maximum Gasteiger partial charge on any atom is 0.233 e. The molecule has 0 saturated carbocycles. The number of aryl methyl sites for hydroxylation is 1. The number of likely N-dealkylation sites (N-methyl/N-ethyl adjacent to an activating group) is 1. The molecule has 2 aromatic heterocycles. The van der Waals surface area contributed by atoms with Crippen molar-refractivity contribution in [3.05, 3.63) is 28.3 Å². The summed E-state index contributed by atoms with van der Waals surface area (Å²) in [6, 6.07) is 2.04. The Hall–Kier alpha value is -1.70. The predicted octanol–water partition coefficient (Wildman–Crippen LogP) is 2.60. The Balaban J connectivity index is 1.48. The maximum absolute atomic E-state index is 11.5. The zero-order chi connectivity index (χ0) is 18.5. The number of likely N-dealkylation sites (tertiary alicyclic amines) is 1. The van der Waals surface area contributed by atoms with Crippen LogP contribution in [0.25, 0.3) is 11.5 Å². The molecule has 0 unspecified atom stereocenters. The zero-order valence-electron chi connectivity index (χ0n) is 15.8. The number of rotatable bonds is 7. The van der Waals surface area contributed by atoms with Gasteiger partial charge in [-0.2, -0.15) is 11.3 Å². The first-order chi connectivity index (χ1) is 12.5. The van der Waals surface area contributed by atoms with E-state index in [1.807, 2.05) is 18.4 Å². The van der Waals surface area contributed by atoms with Crippen molar-refractivity contribution in [2.24, 2.45) is 5.92 Å². The standard InChI is InChI=1S/C19H28N4O2S/c1-14-17(21-19(25-14)16-6-9-26-13-16)11-22(3)10-15-4-7-23(8-5-15)12-18(24)20-2/h6,9,13,15H,4-5,7-8,10-12H2,1-3H3,(H,20,24). The molecule has 1 amide bonds. The van der Waals surface area contributed by atoms with Gasteiger partial charge in [-0.25, -0.2) is 4.98 Å². The number of oxazole rings is 1. The highest BCUT2D eigenvalue weighted by atomic mass is 32.1. The molecule has 0 atom stereocenters. The van der Waals surface area contributed by atoms with E-state index in [1.54, 1.807) is 18.4 Å². The van der Waals surface area contributed by atoms with Crippen LogP contribution in [0.4, 0.5) is 0 Å². The quantitative estimate of drug-likeness (QED) is 0.805. The minimum atomic E-state index is 0.100. The summed E-state index contributed by atoms with van der Waals surface area (Å²) in [6.07, 6.45) is 2.28. The average molecular weight is 377 g/mol. The van der Waals surface area contributed by atoms with E-state index >= 15 is 0 Å². The Labute approximate surface area is 159 Å². The minimum Gasteiger partial charge on any atom is -0.441 e. The maximum atomic E-state index is 11.5. The Kier molecular flexibility index (Phi) is 6.45. The molecule has 0 spiro atoms. The lowest BCUT2D eigenvalue weighted by Gasteiger charge is -2.33. The number of carbonyl (C=O) groups is 1. The van der Waals surface area contributed by atoms with Gasteiger partial charge in [0.15, 0.2) is 0 Å². The second-order valence-electron chi connectivity index (χ2n) is 7.12. The van der Waals surface area contributed by atoms with Crippen LogP contribution in [-0.2, 0) is 11.3 Å². The normalized spacial score (nSPS) is 16.3. The lowest BCUT2D eigenvalue weighted by molar-refractivity contribution is -0.122. The number of carbonyl (C=O) groups excluding carboxylic acids is 1. The van der Waals surface area contributed by atoms with Crippen LogP contribution in [0.2, 0.25) is 0 Å². The highest BCUT2D eigenvalue weighted by Gasteiger charge is 2.22. The molecule has 0 aliphatic carbocycles. The Morgan fingerprint density at radius 2 is 2.23 bits per heavy atom. The molecule has 1 N–H and O–H groups in total. The Morgan fingerprint density at radius 3 is 2.88 bits per heavy atom. The van der Waals surface area contributed by atoms with Crippen LogP contribution in [0.1, 0.15) is 24.3 Å². The largest absolute Gasteiger partial charge is 0.441 e. The van der Waals surface area contributed by atoms with Crippen molar-refractivity contribution < 1.29 is 9.21 Å². The molecule has 6 nitrogen and oxygen atoms in total. The number of aromatic nitrogens is 1. The molecule has 3 heterocycles. The second kappa shape index (κ2) is 8.79. The van der Waals surface area contributed by atoms with Crippen LogP contribution in [0.3, 0.4) is 0 Å². The van der Waals surface area contributed by atoms with Gasteiger partial charge in [0.1, 0.15) is 5.76 Å². The third-order valence-electron chi connectivity index (χ3n) is 5.00. The van der Waals surface area contributed by atoms with E-state index < -0.39 is 0 Å². The van der Waals surface area contributed by atoms with Crippen LogP contribution in [0.5, 0.6) is 0 Å². The molecule has 26 heavy (non-hydrogen) atoms. The van der Waals surface area contributed by atoms with Crippen LogP contribution in [0, 0.1) is 12.8 Å². The lowest BCUT2D eigenvalue weighted by atomic mass is 9.96. The van der Waals surface area contributed by atoms with Gasteiger partial charge in [0.25, 0.3) is 0 Å². The number of nitrogens with one attached hydrogen (secondary N) is 1. The van der Waals surface area contributed by atoms with Gasteiger partial charge in [0, 0.05) is 31.1 Å². The molecule has 3 rings (SSSR count). The van der Waals surface area contributed by atoms with Crippen molar-refractivity contribution in [3.63, 3.8) is 0 Å². The molecule has 0 bridgehead atoms. The molecule has 1 saturated heterocycles. The number of amides is 1. The van der Waals surface area contributed by atoms with Gasteiger partial charge in [-0.3, -0.25) is 9.69 Å². The van der Waals surface area contributed by atoms with Crippen LogP contribution >= 0.6 is 11.3 Å². The fourth-order valence-corrected chi connectivity index (χ4v) is 4.08. The number of hydrogen-bond acceptors (Lipinski definition) is 6. The number of thiophene rings is 1. The highest BCUT2D eigenvalue weighted by Crippen LogP contribution is 2.25. The number of hydrogen-bond donors (Lipinski definition) is 1. The molecular formula is C19H28N4O2S. The summed E-state index contributed by atoms with van der Waals surface area (Å²) in [7, 11) is 3.84. The molecule has 1 aliphatic rings. The topological polar surface area (TPSA) is 61.6 Å². The predicted molar refractivity (Wildman–Crippen MR) is 104 cm³/mol. The van der Waals surface area contributed by atoms with Gasteiger partial charge < -0.3 is 14.6 Å². The molecule has 0 aromatic carbocycles. The van der Waals surface area contributed by atoms with Crippen molar-refractivity contribution >= 4 is 17.2 Å². The lowest BCUT2D eigenvalue weighted by Crippen LogP contribution is -2.42. The SMILES string of the molecule is CNC(=O)CN1CCC(CN(C)Cc2nc(-c3ccsc3)oc2C)CC1. The molecule has 1 aliphatic heterocycles. The van der Waals surface area contributed by atoms with E-state index in [-0.39, 0.29) is 5.91 Å². The summed E-state index contributed by atoms with van der Waals surface area (Å²) in [5, 5.41) is 6.80. The van der Waals surface area contributed by atoms with Crippen molar-refractivity contribution in [3.8, 4) is 11.5 Å². The van der Waals surface area contributed by atoms with Crippen molar-refractivity contribution in [2.45, 2.75) is 26.3 Å². The van der Waals surface area contributed by atoms with Gasteiger partial charge in [-0.1, -0.05) is 0 Å². The molecule has 142 valence electrons. The Morgan fingerprint density at radius 1 is 1.46 bits per heavy atom. The van der Waals surface area contributed by atoms with Gasteiger partial charge in [0.2, 0.25) is 11.8 Å². The zero-order valence-corrected chi connectivity index (χ0v) is 16.6. The van der Waals surface area contributed by atoms with Crippen LogP contribution in [0.15, 0.2) is 21.2 Å². The molecule has 0 radical (unpaired) electrons.